The fraction of sp³-hybridized carbons (Fsp3) is 0.526. The van der Waals surface area contributed by atoms with Crippen LogP contribution in [0.15, 0.2) is 83.5 Å². The van der Waals surface area contributed by atoms with Gasteiger partial charge in [0, 0.05) is 0 Å². The summed E-state index contributed by atoms with van der Waals surface area (Å²) in [6.07, 6.45) is 11.6. The molecule has 4 heteroatoms. The Kier molecular flexibility index (Phi) is 11.4. The summed E-state index contributed by atoms with van der Waals surface area (Å²) in [5, 5.41) is 0. The van der Waals surface area contributed by atoms with E-state index in [1.807, 2.05) is 53.7 Å². The molecule has 0 spiro atoms. The minimum absolute atomic E-state index is 0. The molecule has 1 heterocycles. The number of allylic oxidation sites excluding steroid dienone is 6. The van der Waals surface area contributed by atoms with Gasteiger partial charge in [-0.25, -0.2) is 18.1 Å². The van der Waals surface area contributed by atoms with Crippen LogP contribution in [0.3, 0.4) is 0 Å². The molecule has 0 aromatic heterocycles. The molecule has 0 radical (unpaired) electrons. The second-order valence-corrected chi connectivity index (χ2v) is 21.9. The van der Waals surface area contributed by atoms with Crippen LogP contribution in [0.2, 0.25) is 12.1 Å². The second kappa shape index (κ2) is 13.4. The van der Waals surface area contributed by atoms with E-state index in [0.29, 0.717) is 11.4 Å². The van der Waals surface area contributed by atoms with E-state index in [1.54, 1.807) is 53.1 Å². The summed E-state index contributed by atoms with van der Waals surface area (Å²) in [6.45, 7) is 20.3. The van der Waals surface area contributed by atoms with E-state index >= 15 is 0 Å². The fourth-order valence-electron chi connectivity index (χ4n) is 8.69. The Morgan fingerprint density at radius 2 is 1.50 bits per heavy atom. The van der Waals surface area contributed by atoms with Crippen molar-refractivity contribution in [1.82, 2.24) is 0 Å². The summed E-state index contributed by atoms with van der Waals surface area (Å²) in [4.78, 5) is 0. The molecule has 5 aliphatic rings. The molecule has 0 amide bonds. The van der Waals surface area contributed by atoms with Crippen LogP contribution in [-0.4, -0.2) is 5.43 Å². The minimum atomic E-state index is 0. The number of benzene rings is 1. The summed E-state index contributed by atoms with van der Waals surface area (Å²) in [6, 6.07) is 22.4. The largest absolute Gasteiger partial charge is 0.214 e. The molecule has 2 unspecified atom stereocenters. The maximum atomic E-state index is 2.62. The van der Waals surface area contributed by atoms with Crippen LogP contribution in [-0.2, 0) is 29.8 Å². The average molecular weight is 697 g/mol. The molecule has 2 atom stereocenters. The fourth-order valence-corrected chi connectivity index (χ4v) is 12.9. The second-order valence-electron chi connectivity index (χ2n) is 14.5. The van der Waals surface area contributed by atoms with Crippen molar-refractivity contribution in [3.63, 3.8) is 0 Å². The van der Waals surface area contributed by atoms with Crippen LogP contribution in [0.4, 0.5) is 0 Å². The predicted molar refractivity (Wildman–Crippen MR) is 171 cm³/mol. The van der Waals surface area contributed by atoms with Crippen molar-refractivity contribution in [3.8, 4) is 0 Å². The molecule has 0 bridgehead atoms. The number of fused-ring (bicyclic) bond motifs is 6. The summed E-state index contributed by atoms with van der Waals surface area (Å²) in [5.41, 5.74) is 10.6. The molecule has 2 aromatic carbocycles. The number of hydrogen-bond donors (Lipinski definition) is 0. The summed E-state index contributed by atoms with van der Waals surface area (Å²) in [5.74, 6) is 2.24. The molecular weight excluding hydrogens is 647 g/mol. The first-order valence-corrected chi connectivity index (χ1v) is 21.3. The summed E-state index contributed by atoms with van der Waals surface area (Å²) < 4.78 is 0. The monoisotopic (exact) mass is 694 g/mol. The zero-order valence-corrected chi connectivity index (χ0v) is 32.1. The van der Waals surface area contributed by atoms with E-state index in [-0.39, 0.29) is 46.5 Å². The molecule has 226 valence electrons. The number of rotatable bonds is 0. The van der Waals surface area contributed by atoms with Crippen molar-refractivity contribution in [3.05, 3.63) is 101 Å². The third-order valence-electron chi connectivity index (χ3n) is 12.6. The normalized spacial score (nSPS) is 27.1. The van der Waals surface area contributed by atoms with Gasteiger partial charge < -0.3 is 24.8 Å². The third kappa shape index (κ3) is 5.52. The first kappa shape index (κ1) is 35.8. The molecule has 1 saturated carbocycles. The van der Waals surface area contributed by atoms with Crippen molar-refractivity contribution in [2.45, 2.75) is 99.6 Å². The van der Waals surface area contributed by atoms with Crippen LogP contribution in [0, 0.1) is 33.5 Å². The molecule has 42 heavy (non-hydrogen) atoms. The first-order valence-electron chi connectivity index (χ1n) is 15.7. The molecule has 1 saturated heterocycles. The Labute approximate surface area is 284 Å². The molecule has 4 aliphatic carbocycles. The van der Waals surface area contributed by atoms with Gasteiger partial charge in [-0.15, -0.1) is 6.92 Å². The molecule has 0 N–H and O–H groups in total. The van der Waals surface area contributed by atoms with E-state index in [4.69, 9.17) is 0 Å². The van der Waals surface area contributed by atoms with Crippen molar-refractivity contribution >= 4 is 11.0 Å². The van der Waals surface area contributed by atoms with Crippen molar-refractivity contribution < 1.29 is 48.1 Å². The molecular formula is C38H50Cl2SiZr-2. The van der Waals surface area contributed by atoms with Gasteiger partial charge in [-0.3, -0.25) is 0 Å². The Bertz CT molecular complexity index is 1330. The van der Waals surface area contributed by atoms with Gasteiger partial charge in [0.1, 0.15) is 0 Å². The van der Waals surface area contributed by atoms with E-state index in [2.05, 4.69) is 91.8 Å². The van der Waals surface area contributed by atoms with Crippen LogP contribution in [0.5, 0.6) is 0 Å². The zero-order valence-electron chi connectivity index (χ0n) is 27.1. The number of halogens is 2. The van der Waals surface area contributed by atoms with Crippen molar-refractivity contribution in [2.24, 2.45) is 27.6 Å². The van der Waals surface area contributed by atoms with Gasteiger partial charge in [-0.1, -0.05) is 113 Å². The zero-order chi connectivity index (χ0) is 28.9. The SMILES string of the molecule is C[C-]1C2=C3Cc4ccccc4C3=C3C=CCCC3C2(C)C(C)(C)C(C)(C)C1(C)C.[Cl-].[Cl-].[Zr+2]=[Si]1CCCC1.c1cc[cH-]c1. The summed E-state index contributed by atoms with van der Waals surface area (Å²) in [7, 11) is 0. The third-order valence-corrected chi connectivity index (χ3v) is 18.2. The summed E-state index contributed by atoms with van der Waals surface area (Å²) >= 11 is 1.87. The Morgan fingerprint density at radius 1 is 0.881 bits per heavy atom. The van der Waals surface area contributed by atoms with E-state index < -0.39 is 0 Å². The van der Waals surface area contributed by atoms with E-state index in [9.17, 15) is 0 Å². The van der Waals surface area contributed by atoms with Crippen LogP contribution < -0.4 is 24.8 Å². The minimum Gasteiger partial charge on any atom is -0.214 e. The Hall–Kier alpha value is -0.660. The molecule has 1 aliphatic heterocycles. The smallest absolute Gasteiger partial charge is 0.172 e. The Balaban J connectivity index is 0.000000312. The van der Waals surface area contributed by atoms with E-state index in [1.165, 1.54) is 24.0 Å². The molecule has 0 nitrogen and oxygen atoms in total. The average Bonchev–Trinajstić information content (AvgIpc) is 3.71. The van der Waals surface area contributed by atoms with Crippen molar-refractivity contribution in [1.29, 1.82) is 0 Å². The van der Waals surface area contributed by atoms with Crippen LogP contribution >= 0.6 is 0 Å². The first-order chi connectivity index (χ1) is 18.9. The van der Waals surface area contributed by atoms with Crippen LogP contribution in [0.25, 0.3) is 5.57 Å². The molecule has 7 rings (SSSR count). The maximum Gasteiger partial charge on any atom is -0.172 e. The van der Waals surface area contributed by atoms with E-state index in [0.717, 1.165) is 6.42 Å². The maximum absolute atomic E-state index is 2.62. The van der Waals surface area contributed by atoms with Crippen molar-refractivity contribution in [2.75, 3.05) is 0 Å². The topological polar surface area (TPSA) is 0 Å². The van der Waals surface area contributed by atoms with Gasteiger partial charge in [0.05, 0.1) is 0 Å². The number of hydrogen-bond acceptors (Lipinski definition) is 0. The van der Waals surface area contributed by atoms with Gasteiger partial charge in [0.15, 0.2) is 0 Å². The van der Waals surface area contributed by atoms with Gasteiger partial charge in [0.2, 0.25) is 0 Å². The van der Waals surface area contributed by atoms with Gasteiger partial charge in [0.25, 0.3) is 0 Å². The van der Waals surface area contributed by atoms with Gasteiger partial charge >= 0.3 is 53.7 Å². The Morgan fingerprint density at radius 3 is 2.05 bits per heavy atom. The van der Waals surface area contributed by atoms with Gasteiger partial charge in [-0.05, 0) is 40.6 Å². The van der Waals surface area contributed by atoms with Gasteiger partial charge in [-0.2, -0.15) is 29.3 Å². The molecule has 2 aromatic rings. The predicted octanol–water partition coefficient (Wildman–Crippen LogP) is 4.70. The van der Waals surface area contributed by atoms with Crippen LogP contribution in [0.1, 0.15) is 92.2 Å². The quantitative estimate of drug-likeness (QED) is 0.277. The molecule has 2 fully saturated rings. The standard InChI is InChI=1S/C29H37.C5H5.C4H8Si.2ClH.Zr/c1-18-25-22-17-19-13-9-10-14-20(19)24(22)21-15-11-12-16-23(21)29(25,8)28(6,7)27(4,5)26(18,2)3;2*1-2-4-5-3-1;;;/h9-11,13-15,23H,12,16-17H2,1-8H3;1-5H;1-4H2;2*1H;/q2*-1;;;;+2/p-2.